The standard InChI is InChI=1S/C20H22F3N7/c21-20(22,23)12-2-1-11-7-8-30(15(11)9-12)18-16-17(26-10-25-16)28-19(29-18)27-14-5-3-13(24)4-6-14/h1-2,9-10,13-14H,3-8,24H2,(H2,25,26,27,28,29)/p+1. The summed E-state index contributed by atoms with van der Waals surface area (Å²) in [5.41, 5.74) is 7.96. The minimum Gasteiger partial charge on any atom is -0.337 e. The average Bonchev–Trinajstić information content (AvgIpc) is 3.35. The van der Waals surface area contributed by atoms with E-state index in [1.807, 2.05) is 4.90 Å². The first-order valence-corrected chi connectivity index (χ1v) is 10.1. The predicted molar refractivity (Wildman–Crippen MR) is 106 cm³/mol. The van der Waals surface area contributed by atoms with Crippen molar-refractivity contribution in [2.24, 2.45) is 5.73 Å². The van der Waals surface area contributed by atoms with E-state index < -0.39 is 11.7 Å². The fourth-order valence-electron chi connectivity index (χ4n) is 4.37. The van der Waals surface area contributed by atoms with Gasteiger partial charge in [0.15, 0.2) is 5.52 Å². The molecule has 158 valence electrons. The van der Waals surface area contributed by atoms with E-state index in [9.17, 15) is 13.2 Å². The maximum atomic E-state index is 13.3. The van der Waals surface area contributed by atoms with Gasteiger partial charge in [-0.2, -0.15) is 13.2 Å². The van der Waals surface area contributed by atoms with E-state index >= 15 is 0 Å². The van der Waals surface area contributed by atoms with Gasteiger partial charge in [0.25, 0.3) is 0 Å². The van der Waals surface area contributed by atoms with Crippen molar-refractivity contribution in [3.63, 3.8) is 0 Å². The van der Waals surface area contributed by atoms with Gasteiger partial charge in [0.2, 0.25) is 11.5 Å². The van der Waals surface area contributed by atoms with Crippen LogP contribution < -0.4 is 20.9 Å². The molecule has 3 heterocycles. The van der Waals surface area contributed by atoms with Crippen LogP contribution in [0.2, 0.25) is 0 Å². The van der Waals surface area contributed by atoms with Crippen molar-refractivity contribution in [1.29, 1.82) is 0 Å². The first-order chi connectivity index (χ1) is 14.4. The lowest BCUT2D eigenvalue weighted by Gasteiger charge is -2.25. The van der Waals surface area contributed by atoms with Crippen molar-refractivity contribution < 1.29 is 18.2 Å². The van der Waals surface area contributed by atoms with E-state index in [1.54, 1.807) is 12.4 Å². The van der Waals surface area contributed by atoms with Crippen LogP contribution in [0.1, 0.15) is 36.8 Å². The van der Waals surface area contributed by atoms with Gasteiger partial charge >= 0.3 is 12.1 Å². The number of aromatic nitrogens is 4. The Kier molecular flexibility index (Phi) is 4.53. The highest BCUT2D eigenvalue weighted by Gasteiger charge is 2.35. The van der Waals surface area contributed by atoms with Gasteiger partial charge < -0.3 is 10.7 Å². The summed E-state index contributed by atoms with van der Waals surface area (Å²) in [6, 6.07) is 4.42. The number of nitrogens with one attached hydrogen (secondary N) is 3. The monoisotopic (exact) mass is 418 g/mol. The van der Waals surface area contributed by atoms with E-state index in [0.29, 0.717) is 41.6 Å². The van der Waals surface area contributed by atoms with Crippen molar-refractivity contribution >= 4 is 28.6 Å². The molecule has 2 aromatic heterocycles. The molecule has 10 heteroatoms. The molecule has 0 amide bonds. The summed E-state index contributed by atoms with van der Waals surface area (Å²) in [5.74, 6) is 1.22. The summed E-state index contributed by atoms with van der Waals surface area (Å²) >= 11 is 0. The second-order valence-electron chi connectivity index (χ2n) is 8.03. The molecule has 1 aliphatic carbocycles. The molecule has 0 bridgehead atoms. The highest BCUT2D eigenvalue weighted by Crippen LogP contribution is 2.39. The maximum absolute atomic E-state index is 13.3. The Labute approximate surface area is 170 Å². The summed E-state index contributed by atoms with van der Waals surface area (Å²) < 4.78 is 39.8. The third-order valence-electron chi connectivity index (χ3n) is 6.00. The van der Waals surface area contributed by atoms with Crippen LogP contribution in [0.5, 0.6) is 0 Å². The van der Waals surface area contributed by atoms with E-state index in [2.05, 4.69) is 25.3 Å². The van der Waals surface area contributed by atoms with Crippen LogP contribution in [-0.2, 0) is 12.6 Å². The number of nitrogens with zero attached hydrogens (tertiary/aromatic N) is 3. The maximum Gasteiger partial charge on any atom is 0.416 e. The molecule has 0 radical (unpaired) electrons. The summed E-state index contributed by atoms with van der Waals surface area (Å²) in [4.78, 5) is 17.0. The Morgan fingerprint density at radius 2 is 2.00 bits per heavy atom. The van der Waals surface area contributed by atoms with Gasteiger partial charge in [0, 0.05) is 12.5 Å². The molecule has 0 unspecified atom stereocenters. The number of nitrogens with two attached hydrogens (primary N) is 1. The summed E-state index contributed by atoms with van der Waals surface area (Å²) in [7, 11) is 0. The van der Waals surface area contributed by atoms with Gasteiger partial charge in [0.1, 0.15) is 0 Å². The average molecular weight is 418 g/mol. The topological polar surface area (TPSA) is 97.0 Å². The Balaban J connectivity index is 1.52. The van der Waals surface area contributed by atoms with Gasteiger partial charge in [-0.1, -0.05) is 11.1 Å². The normalized spacial score (nSPS) is 21.8. The van der Waals surface area contributed by atoms with Crippen LogP contribution >= 0.6 is 0 Å². The van der Waals surface area contributed by atoms with Crippen LogP contribution in [0.15, 0.2) is 24.5 Å². The first-order valence-electron chi connectivity index (χ1n) is 10.1. The van der Waals surface area contributed by atoms with Gasteiger partial charge in [-0.25, -0.2) is 9.97 Å². The molecular formula is C20H23F3N7+. The van der Waals surface area contributed by atoms with Gasteiger partial charge in [-0.05, 0) is 43.4 Å². The van der Waals surface area contributed by atoms with Crippen LogP contribution in [0.4, 0.5) is 30.6 Å². The molecule has 3 aromatic rings. The molecule has 2 aliphatic rings. The van der Waals surface area contributed by atoms with Gasteiger partial charge in [-0.3, -0.25) is 10.2 Å². The molecule has 1 fully saturated rings. The van der Waals surface area contributed by atoms with Crippen molar-refractivity contribution in [1.82, 2.24) is 15.0 Å². The number of alkyl halides is 3. The number of hydrogen-bond donors (Lipinski definition) is 3. The fraction of sp³-hybridized carbons (Fsp3) is 0.450. The van der Waals surface area contributed by atoms with Crippen LogP contribution in [0.3, 0.4) is 0 Å². The second kappa shape index (κ2) is 7.12. The van der Waals surface area contributed by atoms with E-state index in [1.165, 1.54) is 6.07 Å². The highest BCUT2D eigenvalue weighted by atomic mass is 19.4. The zero-order valence-electron chi connectivity index (χ0n) is 16.3. The number of H-pyrrole nitrogens is 2. The molecule has 1 aliphatic heterocycles. The largest absolute Gasteiger partial charge is 0.416 e. The highest BCUT2D eigenvalue weighted by molar-refractivity contribution is 5.86. The van der Waals surface area contributed by atoms with Crippen LogP contribution in [0.25, 0.3) is 11.2 Å². The van der Waals surface area contributed by atoms with Crippen molar-refractivity contribution in [3.05, 3.63) is 35.7 Å². The number of halogens is 3. The molecule has 0 saturated heterocycles. The van der Waals surface area contributed by atoms with Gasteiger partial charge in [-0.15, -0.1) is 0 Å². The predicted octanol–water partition coefficient (Wildman–Crippen LogP) is 3.17. The molecule has 0 spiro atoms. The molecule has 7 nitrogen and oxygen atoms in total. The SMILES string of the molecule is NC1CCC(Nc2nc3nc[nH]c3c(N3CCc4ccc(C(F)(F)F)cc43)[nH+]2)CC1. The first kappa shape index (κ1) is 19.1. The van der Waals surface area contributed by atoms with Gasteiger partial charge in [0.05, 0.1) is 30.2 Å². The Hall–Kier alpha value is -2.88. The summed E-state index contributed by atoms with van der Waals surface area (Å²) in [5, 5.41) is 3.42. The Morgan fingerprint density at radius 3 is 2.77 bits per heavy atom. The number of rotatable bonds is 3. The summed E-state index contributed by atoms with van der Waals surface area (Å²) in [6.45, 7) is 0.572. The molecule has 30 heavy (non-hydrogen) atoms. The Morgan fingerprint density at radius 1 is 1.20 bits per heavy atom. The minimum absolute atomic E-state index is 0.244. The van der Waals surface area contributed by atoms with Crippen LogP contribution in [0, 0.1) is 0 Å². The third kappa shape index (κ3) is 3.45. The number of aromatic amines is 2. The molecule has 5 N–H and O–H groups in total. The lowest BCUT2D eigenvalue weighted by atomic mass is 9.92. The molecule has 5 rings (SSSR count). The van der Waals surface area contributed by atoms with E-state index in [4.69, 9.17) is 5.73 Å². The van der Waals surface area contributed by atoms with Crippen molar-refractivity contribution in [3.8, 4) is 0 Å². The second-order valence-corrected chi connectivity index (χ2v) is 8.03. The number of fused-ring (bicyclic) bond motifs is 2. The third-order valence-corrected chi connectivity index (χ3v) is 6.00. The zero-order chi connectivity index (χ0) is 20.9. The molecule has 1 saturated carbocycles. The number of hydrogen-bond acceptors (Lipinski definition) is 5. The van der Waals surface area contributed by atoms with Crippen molar-refractivity contribution in [2.75, 3.05) is 16.8 Å². The Bertz CT molecular complexity index is 1070. The molecule has 0 atom stereocenters. The lowest BCUT2D eigenvalue weighted by Crippen LogP contribution is -2.35. The molecular weight excluding hydrogens is 395 g/mol. The van der Waals surface area contributed by atoms with E-state index in [0.717, 1.165) is 37.3 Å². The minimum atomic E-state index is -4.39. The number of anilines is 3. The smallest absolute Gasteiger partial charge is 0.337 e. The quantitative estimate of drug-likeness (QED) is 0.607. The zero-order valence-corrected chi connectivity index (χ0v) is 16.3. The molecule has 1 aromatic carbocycles. The van der Waals surface area contributed by atoms with Crippen LogP contribution in [-0.4, -0.2) is 33.6 Å². The summed E-state index contributed by atoms with van der Waals surface area (Å²) in [6.07, 6.45) is 1.63. The fourth-order valence-corrected chi connectivity index (χ4v) is 4.37. The number of imidazole rings is 1. The van der Waals surface area contributed by atoms with Crippen molar-refractivity contribution in [2.45, 2.75) is 50.4 Å². The lowest BCUT2D eigenvalue weighted by molar-refractivity contribution is -0.348. The van der Waals surface area contributed by atoms with E-state index in [-0.39, 0.29) is 12.1 Å². The number of benzene rings is 1.